The lowest BCUT2D eigenvalue weighted by atomic mass is 9.92. The molecule has 0 spiro atoms. The van der Waals surface area contributed by atoms with E-state index in [0.717, 1.165) is 10.5 Å². The number of para-hydroxylation sites is 1. The molecule has 150 valence electrons. The molecule has 2 N–H and O–H groups in total. The lowest BCUT2D eigenvalue weighted by Gasteiger charge is -2.22. The molecule has 0 unspecified atom stereocenters. The van der Waals surface area contributed by atoms with Crippen LogP contribution in [-0.2, 0) is 16.0 Å². The van der Waals surface area contributed by atoms with Crippen LogP contribution in [0.15, 0.2) is 42.5 Å². The minimum Gasteiger partial charge on any atom is -0.454 e. The molecule has 8 nitrogen and oxygen atoms in total. The summed E-state index contributed by atoms with van der Waals surface area (Å²) < 4.78 is 24.3. The van der Waals surface area contributed by atoms with Crippen LogP contribution in [0.25, 0.3) is 0 Å². The molecule has 2 aromatic carbocycles. The van der Waals surface area contributed by atoms with E-state index < -0.39 is 35.7 Å². The van der Waals surface area contributed by atoms with E-state index in [9.17, 15) is 18.8 Å². The molecule has 4 rings (SSSR count). The van der Waals surface area contributed by atoms with E-state index >= 15 is 0 Å². The number of halogens is 1. The predicted molar refractivity (Wildman–Crippen MR) is 99.9 cm³/mol. The van der Waals surface area contributed by atoms with Crippen molar-refractivity contribution >= 4 is 23.5 Å². The van der Waals surface area contributed by atoms with Crippen LogP contribution in [0.4, 0.5) is 14.9 Å². The Morgan fingerprint density at radius 2 is 1.97 bits per heavy atom. The fourth-order valence-corrected chi connectivity index (χ4v) is 3.37. The van der Waals surface area contributed by atoms with Gasteiger partial charge in [-0.1, -0.05) is 18.2 Å². The van der Waals surface area contributed by atoms with Gasteiger partial charge in [0.2, 0.25) is 12.7 Å². The molecule has 0 aliphatic carbocycles. The average molecular weight is 399 g/mol. The van der Waals surface area contributed by atoms with Gasteiger partial charge in [-0.05, 0) is 36.8 Å². The summed E-state index contributed by atoms with van der Waals surface area (Å²) in [6, 6.07) is 10.2. The first-order valence-corrected chi connectivity index (χ1v) is 8.93. The molecular formula is C20H18FN3O5. The van der Waals surface area contributed by atoms with Crippen LogP contribution in [0.3, 0.4) is 0 Å². The molecule has 0 aromatic heterocycles. The van der Waals surface area contributed by atoms with Gasteiger partial charge in [-0.3, -0.25) is 14.5 Å². The fraction of sp³-hybridized carbons (Fsp3) is 0.250. The van der Waals surface area contributed by atoms with Gasteiger partial charge in [0.1, 0.15) is 17.9 Å². The summed E-state index contributed by atoms with van der Waals surface area (Å²) in [7, 11) is 0. The molecule has 2 aromatic rings. The van der Waals surface area contributed by atoms with Crippen molar-refractivity contribution in [2.24, 2.45) is 0 Å². The summed E-state index contributed by atoms with van der Waals surface area (Å²) in [4.78, 5) is 38.2. The van der Waals surface area contributed by atoms with Crippen LogP contribution >= 0.6 is 0 Å². The number of amides is 4. The normalized spacial score (nSPS) is 20.0. The number of nitrogens with zero attached hydrogens (tertiary/aromatic N) is 1. The van der Waals surface area contributed by atoms with Crippen molar-refractivity contribution in [3.63, 3.8) is 0 Å². The molecule has 4 amide bonds. The highest BCUT2D eigenvalue weighted by molar-refractivity contribution is 6.10. The molecule has 9 heteroatoms. The van der Waals surface area contributed by atoms with Crippen molar-refractivity contribution in [1.82, 2.24) is 10.2 Å². The highest BCUT2D eigenvalue weighted by Gasteiger charge is 2.48. The quantitative estimate of drug-likeness (QED) is 0.750. The number of hydrogen-bond donors (Lipinski definition) is 2. The first kappa shape index (κ1) is 18.7. The van der Waals surface area contributed by atoms with E-state index in [1.807, 2.05) is 0 Å². The van der Waals surface area contributed by atoms with Gasteiger partial charge >= 0.3 is 6.03 Å². The lowest BCUT2D eigenvalue weighted by molar-refractivity contribution is -0.133. The maximum atomic E-state index is 13.7. The van der Waals surface area contributed by atoms with Gasteiger partial charge in [-0.2, -0.15) is 0 Å². The summed E-state index contributed by atoms with van der Waals surface area (Å²) in [5.41, 5.74) is -0.473. The molecule has 1 fully saturated rings. The molecule has 2 aliphatic heterocycles. The molecule has 0 bridgehead atoms. The summed E-state index contributed by atoms with van der Waals surface area (Å²) in [5, 5.41) is 5.00. The molecule has 2 heterocycles. The third-order valence-corrected chi connectivity index (χ3v) is 4.79. The lowest BCUT2D eigenvalue weighted by Crippen LogP contribution is -2.46. The fourth-order valence-electron chi connectivity index (χ4n) is 3.37. The number of imide groups is 1. The minimum atomic E-state index is -1.22. The Morgan fingerprint density at radius 1 is 1.21 bits per heavy atom. The van der Waals surface area contributed by atoms with Gasteiger partial charge in [0.05, 0.1) is 5.69 Å². The monoisotopic (exact) mass is 399 g/mol. The van der Waals surface area contributed by atoms with E-state index in [2.05, 4.69) is 10.6 Å². The maximum absolute atomic E-state index is 13.7. The van der Waals surface area contributed by atoms with E-state index in [-0.39, 0.29) is 18.9 Å². The first-order valence-electron chi connectivity index (χ1n) is 8.93. The predicted octanol–water partition coefficient (Wildman–Crippen LogP) is 2.05. The summed E-state index contributed by atoms with van der Waals surface area (Å²) in [5.74, 6) is -0.628. The number of rotatable bonds is 5. The second-order valence-corrected chi connectivity index (χ2v) is 7.05. The number of carbonyl (C=O) groups excluding carboxylic acids is 3. The van der Waals surface area contributed by atoms with Crippen molar-refractivity contribution in [2.45, 2.75) is 18.9 Å². The Morgan fingerprint density at radius 3 is 2.76 bits per heavy atom. The highest BCUT2D eigenvalue weighted by atomic mass is 19.1. The van der Waals surface area contributed by atoms with Crippen LogP contribution in [0.5, 0.6) is 11.5 Å². The maximum Gasteiger partial charge on any atom is 0.325 e. The number of urea groups is 1. The van der Waals surface area contributed by atoms with Crippen LogP contribution in [0, 0.1) is 5.82 Å². The Balaban J connectivity index is 1.45. The van der Waals surface area contributed by atoms with Crippen molar-refractivity contribution in [1.29, 1.82) is 0 Å². The van der Waals surface area contributed by atoms with Gasteiger partial charge in [-0.25, -0.2) is 9.18 Å². The second-order valence-electron chi connectivity index (χ2n) is 7.05. The Labute approximate surface area is 165 Å². The Kier molecular flexibility index (Phi) is 4.57. The van der Waals surface area contributed by atoms with Crippen molar-refractivity contribution in [3.8, 4) is 11.5 Å². The van der Waals surface area contributed by atoms with E-state index in [0.29, 0.717) is 11.5 Å². The third kappa shape index (κ3) is 3.58. The summed E-state index contributed by atoms with van der Waals surface area (Å²) in [6.45, 7) is 1.21. The molecule has 29 heavy (non-hydrogen) atoms. The number of hydrogen-bond acceptors (Lipinski definition) is 5. The summed E-state index contributed by atoms with van der Waals surface area (Å²) >= 11 is 0. The zero-order chi connectivity index (χ0) is 20.6. The molecule has 2 aliphatic rings. The van der Waals surface area contributed by atoms with Crippen molar-refractivity contribution < 1.29 is 28.2 Å². The van der Waals surface area contributed by atoms with Gasteiger partial charge in [-0.15, -0.1) is 0 Å². The van der Waals surface area contributed by atoms with Gasteiger partial charge < -0.3 is 20.1 Å². The van der Waals surface area contributed by atoms with Gasteiger partial charge in [0.25, 0.3) is 5.91 Å². The van der Waals surface area contributed by atoms with Crippen LogP contribution in [0.2, 0.25) is 0 Å². The topological polar surface area (TPSA) is 97.0 Å². The molecular weight excluding hydrogens is 381 g/mol. The highest BCUT2D eigenvalue weighted by Crippen LogP contribution is 2.34. The van der Waals surface area contributed by atoms with Gasteiger partial charge in [0, 0.05) is 6.42 Å². The van der Waals surface area contributed by atoms with Crippen LogP contribution < -0.4 is 20.1 Å². The zero-order valence-electron chi connectivity index (χ0n) is 15.5. The molecule has 1 atom stereocenters. The standard InChI is InChI=1S/C20H18FN3O5/c1-20(9-12-6-7-15-16(8-12)29-11-28-15)18(26)24(19(27)23-20)10-17(25)22-14-5-3-2-4-13(14)21/h2-8H,9-11H2,1H3,(H,22,25)(H,23,27)/t20-/m1/s1. The average Bonchev–Trinajstić information content (AvgIpc) is 3.22. The van der Waals surface area contributed by atoms with Crippen LogP contribution in [-0.4, -0.2) is 41.6 Å². The number of carbonyl (C=O) groups is 3. The second kappa shape index (κ2) is 7.08. The molecule has 0 radical (unpaired) electrons. The minimum absolute atomic E-state index is 0.0207. The largest absolute Gasteiger partial charge is 0.454 e. The number of nitrogens with one attached hydrogen (secondary N) is 2. The van der Waals surface area contributed by atoms with Gasteiger partial charge in [0.15, 0.2) is 11.5 Å². The van der Waals surface area contributed by atoms with Crippen LogP contribution in [0.1, 0.15) is 12.5 Å². The number of anilines is 1. The van der Waals surface area contributed by atoms with Crippen molar-refractivity contribution in [3.05, 3.63) is 53.8 Å². The number of ether oxygens (including phenoxy) is 2. The number of benzene rings is 2. The molecule has 0 saturated carbocycles. The Bertz CT molecular complexity index is 1010. The van der Waals surface area contributed by atoms with Crippen molar-refractivity contribution in [2.75, 3.05) is 18.7 Å². The first-order chi connectivity index (χ1) is 13.9. The summed E-state index contributed by atoms with van der Waals surface area (Å²) in [6.07, 6.45) is 0.208. The SMILES string of the molecule is C[C@]1(Cc2ccc3c(c2)OCO3)NC(=O)N(CC(=O)Nc2ccccc2F)C1=O. The Hall–Kier alpha value is -3.62. The van der Waals surface area contributed by atoms with E-state index in [1.54, 1.807) is 31.2 Å². The van der Waals surface area contributed by atoms with E-state index in [4.69, 9.17) is 9.47 Å². The zero-order valence-corrected chi connectivity index (χ0v) is 15.5. The third-order valence-electron chi connectivity index (χ3n) is 4.79. The van der Waals surface area contributed by atoms with E-state index in [1.165, 1.54) is 18.2 Å². The number of fused-ring (bicyclic) bond motifs is 1. The molecule has 1 saturated heterocycles. The smallest absolute Gasteiger partial charge is 0.325 e.